The van der Waals surface area contributed by atoms with Crippen molar-refractivity contribution in [1.29, 1.82) is 0 Å². The van der Waals surface area contributed by atoms with Crippen molar-refractivity contribution in [2.75, 3.05) is 18.8 Å². The smallest absolute Gasteiger partial charge is 0.243 e. The largest absolute Gasteiger partial charge is 0.396 e. The second kappa shape index (κ2) is 5.33. The van der Waals surface area contributed by atoms with Gasteiger partial charge < -0.3 is 5.73 Å². The van der Waals surface area contributed by atoms with E-state index >= 15 is 0 Å². The third-order valence-electron chi connectivity index (χ3n) is 4.19. The summed E-state index contributed by atoms with van der Waals surface area (Å²) < 4.78 is 40.2. The monoisotopic (exact) mass is 300 g/mol. The van der Waals surface area contributed by atoms with Gasteiger partial charge in [0.05, 0.1) is 10.6 Å². The minimum absolute atomic E-state index is 0.0793. The molecule has 2 unspecified atom stereocenters. The number of hydrogen-bond donors (Lipinski definition) is 1. The zero-order chi connectivity index (χ0) is 15.1. The molecule has 1 saturated heterocycles. The van der Waals surface area contributed by atoms with Crippen molar-refractivity contribution in [2.24, 2.45) is 11.8 Å². The molecule has 2 rings (SSSR count). The van der Waals surface area contributed by atoms with Crippen LogP contribution < -0.4 is 5.73 Å². The van der Waals surface area contributed by atoms with E-state index in [1.807, 2.05) is 0 Å². The van der Waals surface area contributed by atoms with Crippen molar-refractivity contribution in [3.05, 3.63) is 23.5 Å². The standard InChI is InChI=1S/C14H21FN2O2S/c1-9-4-5-17(8-11(9)3)20(18,19)12-6-10(2)14(15)13(16)7-12/h6-7,9,11H,4-5,8,16H2,1-3H3. The van der Waals surface area contributed by atoms with Gasteiger partial charge in [-0.3, -0.25) is 0 Å². The maximum atomic E-state index is 13.5. The zero-order valence-electron chi connectivity index (χ0n) is 12.1. The van der Waals surface area contributed by atoms with Crippen LogP contribution >= 0.6 is 0 Å². The molecule has 0 saturated carbocycles. The maximum Gasteiger partial charge on any atom is 0.243 e. The second-order valence-corrected chi connectivity index (χ2v) is 7.69. The summed E-state index contributed by atoms with van der Waals surface area (Å²) in [5.74, 6) is 0.281. The number of benzene rings is 1. The van der Waals surface area contributed by atoms with Gasteiger partial charge >= 0.3 is 0 Å². The lowest BCUT2D eigenvalue weighted by Gasteiger charge is -2.34. The third kappa shape index (κ3) is 2.67. The molecule has 0 bridgehead atoms. The minimum Gasteiger partial charge on any atom is -0.396 e. The number of sulfonamides is 1. The van der Waals surface area contributed by atoms with Gasteiger partial charge in [0.25, 0.3) is 0 Å². The van der Waals surface area contributed by atoms with E-state index in [4.69, 9.17) is 5.73 Å². The van der Waals surface area contributed by atoms with Crippen LogP contribution in [0.25, 0.3) is 0 Å². The fourth-order valence-electron chi connectivity index (χ4n) is 2.50. The molecule has 2 atom stereocenters. The van der Waals surface area contributed by atoms with Crippen LogP contribution in [0.2, 0.25) is 0 Å². The van der Waals surface area contributed by atoms with E-state index in [0.717, 1.165) is 6.42 Å². The number of hydrogen-bond acceptors (Lipinski definition) is 3. The molecule has 1 aliphatic rings. The van der Waals surface area contributed by atoms with Crippen LogP contribution in [0, 0.1) is 24.6 Å². The normalized spacial score (nSPS) is 24.8. The summed E-state index contributed by atoms with van der Waals surface area (Å²) in [6, 6.07) is 2.56. The van der Waals surface area contributed by atoms with Crippen LogP contribution in [0.1, 0.15) is 25.8 Å². The number of aryl methyl sites for hydroxylation is 1. The fraction of sp³-hybridized carbons (Fsp3) is 0.571. The Labute approximate surface area is 119 Å². The average Bonchev–Trinajstić information content (AvgIpc) is 2.38. The Morgan fingerprint density at radius 3 is 2.50 bits per heavy atom. The lowest BCUT2D eigenvalue weighted by atomic mass is 9.90. The number of nitrogens with two attached hydrogens (primary N) is 1. The van der Waals surface area contributed by atoms with Crippen molar-refractivity contribution >= 4 is 15.7 Å². The summed E-state index contributed by atoms with van der Waals surface area (Å²) >= 11 is 0. The summed E-state index contributed by atoms with van der Waals surface area (Å²) in [6.45, 7) is 6.71. The molecule has 0 aromatic heterocycles. The Morgan fingerprint density at radius 2 is 1.95 bits per heavy atom. The van der Waals surface area contributed by atoms with E-state index in [-0.39, 0.29) is 16.1 Å². The van der Waals surface area contributed by atoms with Gasteiger partial charge in [0.1, 0.15) is 5.82 Å². The summed E-state index contributed by atoms with van der Waals surface area (Å²) in [5, 5.41) is 0. The highest BCUT2D eigenvalue weighted by Gasteiger charge is 2.32. The fourth-order valence-corrected chi connectivity index (χ4v) is 4.18. The summed E-state index contributed by atoms with van der Waals surface area (Å²) in [7, 11) is -3.59. The molecule has 4 nitrogen and oxygen atoms in total. The lowest BCUT2D eigenvalue weighted by Crippen LogP contribution is -2.42. The van der Waals surface area contributed by atoms with Crippen LogP contribution in [-0.2, 0) is 10.0 Å². The molecule has 6 heteroatoms. The number of nitrogens with zero attached hydrogens (tertiary/aromatic N) is 1. The van der Waals surface area contributed by atoms with E-state index in [0.29, 0.717) is 24.9 Å². The van der Waals surface area contributed by atoms with E-state index < -0.39 is 15.8 Å². The van der Waals surface area contributed by atoms with Crippen molar-refractivity contribution in [2.45, 2.75) is 32.1 Å². The van der Waals surface area contributed by atoms with Gasteiger partial charge in [0, 0.05) is 13.1 Å². The van der Waals surface area contributed by atoms with Crippen LogP contribution in [0.3, 0.4) is 0 Å². The number of anilines is 1. The molecule has 1 fully saturated rings. The summed E-state index contributed by atoms with van der Waals surface area (Å²) in [4.78, 5) is 0.0793. The first-order valence-electron chi connectivity index (χ1n) is 6.79. The van der Waals surface area contributed by atoms with Gasteiger partial charge in [0.15, 0.2) is 0 Å². The molecule has 1 heterocycles. The quantitative estimate of drug-likeness (QED) is 0.853. The van der Waals surface area contributed by atoms with Gasteiger partial charge in [-0.1, -0.05) is 13.8 Å². The highest BCUT2D eigenvalue weighted by atomic mass is 32.2. The topological polar surface area (TPSA) is 63.4 Å². The number of piperidine rings is 1. The maximum absolute atomic E-state index is 13.5. The number of rotatable bonds is 2. The molecule has 0 spiro atoms. The minimum atomic E-state index is -3.59. The van der Waals surface area contributed by atoms with Crippen molar-refractivity contribution in [3.63, 3.8) is 0 Å². The Balaban J connectivity index is 2.36. The Kier molecular flexibility index (Phi) is 4.07. The van der Waals surface area contributed by atoms with Crippen LogP contribution in [0.4, 0.5) is 10.1 Å². The van der Waals surface area contributed by atoms with Crippen molar-refractivity contribution in [3.8, 4) is 0 Å². The lowest BCUT2D eigenvalue weighted by molar-refractivity contribution is 0.212. The zero-order valence-corrected chi connectivity index (χ0v) is 12.9. The van der Waals surface area contributed by atoms with Gasteiger partial charge in [-0.05, 0) is 42.9 Å². The molecular weight excluding hydrogens is 279 g/mol. The van der Waals surface area contributed by atoms with E-state index in [2.05, 4.69) is 13.8 Å². The SMILES string of the molecule is Cc1cc(S(=O)(=O)N2CCC(C)C(C)C2)cc(N)c1F. The Hall–Kier alpha value is -1.14. The van der Waals surface area contributed by atoms with Gasteiger partial charge in [-0.25, -0.2) is 12.8 Å². The van der Waals surface area contributed by atoms with Gasteiger partial charge in [0.2, 0.25) is 10.0 Å². The molecule has 1 aliphatic heterocycles. The molecule has 20 heavy (non-hydrogen) atoms. The molecule has 2 N–H and O–H groups in total. The highest BCUT2D eigenvalue weighted by molar-refractivity contribution is 7.89. The Morgan fingerprint density at radius 1 is 1.30 bits per heavy atom. The first kappa shape index (κ1) is 15.3. The van der Waals surface area contributed by atoms with E-state index in [9.17, 15) is 12.8 Å². The third-order valence-corrected chi connectivity index (χ3v) is 6.03. The highest BCUT2D eigenvalue weighted by Crippen LogP contribution is 2.29. The first-order chi connectivity index (χ1) is 9.23. The predicted molar refractivity (Wildman–Crippen MR) is 77.3 cm³/mol. The van der Waals surface area contributed by atoms with Crippen LogP contribution in [0.15, 0.2) is 17.0 Å². The summed E-state index contributed by atoms with van der Waals surface area (Å²) in [6.07, 6.45) is 0.843. The Bertz CT molecular complexity index is 593. The number of nitrogen functional groups attached to an aromatic ring is 1. The number of halogens is 1. The predicted octanol–water partition coefficient (Wildman–Crippen LogP) is 2.38. The molecule has 0 amide bonds. The molecule has 1 aromatic carbocycles. The van der Waals surface area contributed by atoms with Gasteiger partial charge in [-0.2, -0.15) is 4.31 Å². The first-order valence-corrected chi connectivity index (χ1v) is 8.23. The van der Waals surface area contributed by atoms with E-state index in [1.165, 1.54) is 23.4 Å². The van der Waals surface area contributed by atoms with Crippen LogP contribution in [0.5, 0.6) is 0 Å². The molecular formula is C14H21FN2O2S. The van der Waals surface area contributed by atoms with Crippen molar-refractivity contribution in [1.82, 2.24) is 4.31 Å². The average molecular weight is 300 g/mol. The van der Waals surface area contributed by atoms with Crippen molar-refractivity contribution < 1.29 is 12.8 Å². The molecule has 0 aliphatic carbocycles. The molecule has 1 aromatic rings. The van der Waals surface area contributed by atoms with Crippen LogP contribution in [-0.4, -0.2) is 25.8 Å². The summed E-state index contributed by atoms with van der Waals surface area (Å²) in [5.41, 5.74) is 5.67. The molecule has 112 valence electrons. The van der Waals surface area contributed by atoms with E-state index in [1.54, 1.807) is 0 Å². The second-order valence-electron chi connectivity index (χ2n) is 5.75. The molecule has 0 radical (unpaired) electrons. The van der Waals surface area contributed by atoms with Gasteiger partial charge in [-0.15, -0.1) is 0 Å².